The summed E-state index contributed by atoms with van der Waals surface area (Å²) in [7, 11) is 0. The van der Waals surface area contributed by atoms with E-state index >= 15 is 0 Å². The lowest BCUT2D eigenvalue weighted by molar-refractivity contribution is 0.350. The standard InChI is InChI=1S/C17H19N3/c1-17(2,3)12-20-15-10-5-4-8-13(15)19-16(20)14-9-6-7-11-18-14/h4-11H,12H2,1-3H3. The topological polar surface area (TPSA) is 30.7 Å². The monoisotopic (exact) mass is 265 g/mol. The molecule has 3 nitrogen and oxygen atoms in total. The summed E-state index contributed by atoms with van der Waals surface area (Å²) >= 11 is 0. The number of aromatic nitrogens is 3. The molecule has 0 unspecified atom stereocenters. The van der Waals surface area contributed by atoms with Crippen molar-refractivity contribution in [1.29, 1.82) is 0 Å². The van der Waals surface area contributed by atoms with Gasteiger partial charge in [-0.2, -0.15) is 0 Å². The largest absolute Gasteiger partial charge is 0.322 e. The van der Waals surface area contributed by atoms with Gasteiger partial charge in [0.25, 0.3) is 0 Å². The van der Waals surface area contributed by atoms with E-state index in [1.165, 1.54) is 5.52 Å². The Hall–Kier alpha value is -2.16. The molecule has 0 fully saturated rings. The highest BCUT2D eigenvalue weighted by Crippen LogP contribution is 2.27. The van der Waals surface area contributed by atoms with E-state index in [2.05, 4.69) is 48.5 Å². The minimum atomic E-state index is 0.188. The highest BCUT2D eigenvalue weighted by molar-refractivity contribution is 5.79. The minimum absolute atomic E-state index is 0.188. The van der Waals surface area contributed by atoms with Crippen LogP contribution >= 0.6 is 0 Å². The van der Waals surface area contributed by atoms with Crippen LogP contribution in [0.4, 0.5) is 0 Å². The first-order chi connectivity index (χ1) is 9.54. The van der Waals surface area contributed by atoms with E-state index in [9.17, 15) is 0 Å². The normalized spacial score (nSPS) is 11.9. The molecule has 2 aromatic heterocycles. The zero-order chi connectivity index (χ0) is 14.2. The van der Waals surface area contributed by atoms with Crippen molar-refractivity contribution in [2.24, 2.45) is 5.41 Å². The van der Waals surface area contributed by atoms with Crippen molar-refractivity contribution in [3.05, 3.63) is 48.7 Å². The van der Waals surface area contributed by atoms with Crippen molar-refractivity contribution in [1.82, 2.24) is 14.5 Å². The summed E-state index contributed by atoms with van der Waals surface area (Å²) in [5.41, 5.74) is 3.31. The van der Waals surface area contributed by atoms with Gasteiger partial charge in [0.2, 0.25) is 0 Å². The Labute approximate surface area is 119 Å². The van der Waals surface area contributed by atoms with E-state index in [0.29, 0.717) is 0 Å². The molecule has 20 heavy (non-hydrogen) atoms. The molecule has 0 amide bonds. The van der Waals surface area contributed by atoms with Crippen LogP contribution in [0.15, 0.2) is 48.7 Å². The van der Waals surface area contributed by atoms with Gasteiger partial charge < -0.3 is 4.57 Å². The Morgan fingerprint density at radius 3 is 2.45 bits per heavy atom. The molecule has 0 aliphatic carbocycles. The maximum absolute atomic E-state index is 4.77. The van der Waals surface area contributed by atoms with Gasteiger partial charge in [0.15, 0.2) is 5.82 Å². The van der Waals surface area contributed by atoms with Gasteiger partial charge in [0.1, 0.15) is 5.69 Å². The molecule has 0 atom stereocenters. The average molecular weight is 265 g/mol. The molecule has 0 radical (unpaired) electrons. The number of nitrogens with zero attached hydrogens (tertiary/aromatic N) is 3. The molecule has 0 aliphatic rings. The Morgan fingerprint density at radius 1 is 1.00 bits per heavy atom. The summed E-state index contributed by atoms with van der Waals surface area (Å²) in [6, 6.07) is 14.2. The van der Waals surface area contributed by atoms with Crippen molar-refractivity contribution in [3.63, 3.8) is 0 Å². The molecule has 3 heteroatoms. The number of pyridine rings is 1. The molecule has 0 bridgehead atoms. The number of hydrogen-bond donors (Lipinski definition) is 0. The molecule has 102 valence electrons. The first-order valence-corrected chi connectivity index (χ1v) is 6.91. The lowest BCUT2D eigenvalue weighted by atomic mass is 9.96. The highest BCUT2D eigenvalue weighted by Gasteiger charge is 2.18. The van der Waals surface area contributed by atoms with Crippen LogP contribution < -0.4 is 0 Å². The fourth-order valence-electron chi connectivity index (χ4n) is 2.40. The third kappa shape index (κ3) is 2.44. The molecule has 0 spiro atoms. The molecular weight excluding hydrogens is 246 g/mol. The van der Waals surface area contributed by atoms with Gasteiger partial charge in [-0.15, -0.1) is 0 Å². The third-order valence-electron chi connectivity index (χ3n) is 3.18. The molecule has 3 rings (SSSR count). The predicted molar refractivity (Wildman–Crippen MR) is 82.4 cm³/mol. The summed E-state index contributed by atoms with van der Waals surface area (Å²) < 4.78 is 2.28. The van der Waals surface area contributed by atoms with Crippen LogP contribution in [0, 0.1) is 5.41 Å². The van der Waals surface area contributed by atoms with E-state index in [-0.39, 0.29) is 5.41 Å². The second kappa shape index (κ2) is 4.75. The van der Waals surface area contributed by atoms with Crippen molar-refractivity contribution in [3.8, 4) is 11.5 Å². The second-order valence-electron chi connectivity index (χ2n) is 6.29. The van der Waals surface area contributed by atoms with Crippen LogP contribution in [0.25, 0.3) is 22.6 Å². The number of fused-ring (bicyclic) bond motifs is 1. The predicted octanol–water partition coefficient (Wildman–Crippen LogP) is 4.14. The van der Waals surface area contributed by atoms with Crippen LogP contribution in [0.2, 0.25) is 0 Å². The van der Waals surface area contributed by atoms with Crippen LogP contribution in [0.1, 0.15) is 20.8 Å². The lowest BCUT2D eigenvalue weighted by Crippen LogP contribution is -2.16. The van der Waals surface area contributed by atoms with Crippen molar-refractivity contribution >= 4 is 11.0 Å². The number of rotatable bonds is 2. The van der Waals surface area contributed by atoms with Gasteiger partial charge in [0, 0.05) is 12.7 Å². The van der Waals surface area contributed by atoms with Gasteiger partial charge in [-0.05, 0) is 29.7 Å². The van der Waals surface area contributed by atoms with Gasteiger partial charge in [-0.25, -0.2) is 4.98 Å². The highest BCUT2D eigenvalue weighted by atomic mass is 15.1. The molecule has 0 saturated heterocycles. The summed E-state index contributed by atoms with van der Waals surface area (Å²) in [6.07, 6.45) is 1.82. The van der Waals surface area contributed by atoms with Crippen molar-refractivity contribution < 1.29 is 0 Å². The maximum atomic E-state index is 4.77. The molecular formula is C17H19N3. The first-order valence-electron chi connectivity index (χ1n) is 6.91. The number of para-hydroxylation sites is 2. The Balaban J connectivity index is 2.23. The van der Waals surface area contributed by atoms with E-state index < -0.39 is 0 Å². The molecule has 1 aromatic carbocycles. The summed E-state index contributed by atoms with van der Waals surface area (Å²) in [4.78, 5) is 9.22. The van der Waals surface area contributed by atoms with Crippen molar-refractivity contribution in [2.75, 3.05) is 0 Å². The molecule has 0 aliphatic heterocycles. The Morgan fingerprint density at radius 2 is 1.75 bits per heavy atom. The van der Waals surface area contributed by atoms with Crippen LogP contribution in [-0.2, 0) is 6.54 Å². The van der Waals surface area contributed by atoms with Crippen LogP contribution in [0.5, 0.6) is 0 Å². The maximum Gasteiger partial charge on any atom is 0.159 e. The van der Waals surface area contributed by atoms with E-state index in [0.717, 1.165) is 23.6 Å². The molecule has 2 heterocycles. The Kier molecular flexibility index (Phi) is 3.05. The zero-order valence-electron chi connectivity index (χ0n) is 12.2. The lowest BCUT2D eigenvalue weighted by Gasteiger charge is -2.21. The molecule has 0 saturated carbocycles. The van der Waals surface area contributed by atoms with E-state index in [1.807, 2.05) is 30.5 Å². The van der Waals surface area contributed by atoms with Crippen molar-refractivity contribution in [2.45, 2.75) is 27.3 Å². The molecule has 3 aromatic rings. The zero-order valence-corrected chi connectivity index (χ0v) is 12.2. The fraction of sp³-hybridized carbons (Fsp3) is 0.294. The SMILES string of the molecule is CC(C)(C)Cn1c(-c2ccccn2)nc2ccccc21. The van der Waals surface area contributed by atoms with Gasteiger partial charge in [-0.1, -0.05) is 39.0 Å². The average Bonchev–Trinajstić information content (AvgIpc) is 2.77. The van der Waals surface area contributed by atoms with Crippen LogP contribution in [-0.4, -0.2) is 14.5 Å². The van der Waals surface area contributed by atoms with Crippen LogP contribution in [0.3, 0.4) is 0 Å². The van der Waals surface area contributed by atoms with E-state index in [1.54, 1.807) is 0 Å². The summed E-state index contributed by atoms with van der Waals surface area (Å²) in [5.74, 6) is 0.946. The smallest absolute Gasteiger partial charge is 0.159 e. The third-order valence-corrected chi connectivity index (χ3v) is 3.18. The number of benzene rings is 1. The second-order valence-corrected chi connectivity index (χ2v) is 6.29. The quantitative estimate of drug-likeness (QED) is 0.697. The van der Waals surface area contributed by atoms with E-state index in [4.69, 9.17) is 4.98 Å². The van der Waals surface area contributed by atoms with Gasteiger partial charge in [-0.3, -0.25) is 4.98 Å². The first kappa shape index (κ1) is 12.9. The van der Waals surface area contributed by atoms with Gasteiger partial charge in [0.05, 0.1) is 11.0 Å². The Bertz CT molecular complexity index is 721. The summed E-state index contributed by atoms with van der Waals surface area (Å²) in [5, 5.41) is 0. The number of hydrogen-bond acceptors (Lipinski definition) is 2. The summed E-state index contributed by atoms with van der Waals surface area (Å²) in [6.45, 7) is 7.64. The van der Waals surface area contributed by atoms with Gasteiger partial charge >= 0.3 is 0 Å². The minimum Gasteiger partial charge on any atom is -0.322 e. The number of imidazole rings is 1. The molecule has 0 N–H and O–H groups in total. The fourth-order valence-corrected chi connectivity index (χ4v) is 2.40.